The summed E-state index contributed by atoms with van der Waals surface area (Å²) in [4.78, 5) is 13.1. The van der Waals surface area contributed by atoms with Gasteiger partial charge in [0.1, 0.15) is 24.0 Å². The molecule has 0 amide bonds. The predicted octanol–water partition coefficient (Wildman–Crippen LogP) is 2.56. The van der Waals surface area contributed by atoms with Crippen molar-refractivity contribution >= 4 is 17.3 Å². The van der Waals surface area contributed by atoms with Gasteiger partial charge in [0.05, 0.1) is 11.5 Å². The van der Waals surface area contributed by atoms with Crippen LogP contribution >= 0.6 is 11.3 Å². The molecule has 0 saturated carbocycles. The molecule has 1 aromatic heterocycles. The number of carbonyl (C=O) groups is 1. The van der Waals surface area contributed by atoms with E-state index in [1.54, 1.807) is 6.92 Å². The Labute approximate surface area is 126 Å². The van der Waals surface area contributed by atoms with E-state index < -0.39 is 11.9 Å². The number of thiophene rings is 1. The summed E-state index contributed by atoms with van der Waals surface area (Å²) in [6.07, 6.45) is 1.48. The van der Waals surface area contributed by atoms with Gasteiger partial charge in [0.15, 0.2) is 0 Å². The largest absolute Gasteiger partial charge is 0.458 e. The number of allylic oxidation sites excluding steroid dienone is 2. The van der Waals surface area contributed by atoms with Crippen LogP contribution in [0.5, 0.6) is 0 Å². The molecule has 0 radical (unpaired) electrons. The zero-order chi connectivity index (χ0) is 15.4. The smallest absolute Gasteiger partial charge is 0.338 e. The molecule has 1 aliphatic rings. The summed E-state index contributed by atoms with van der Waals surface area (Å²) in [7, 11) is 0. The topological polar surface area (TPSA) is 85.3 Å². The van der Waals surface area contributed by atoms with Crippen molar-refractivity contribution in [3.8, 4) is 6.07 Å². The quantitative estimate of drug-likeness (QED) is 0.682. The highest BCUT2D eigenvalue weighted by molar-refractivity contribution is 7.10. The summed E-state index contributed by atoms with van der Waals surface area (Å²) in [6, 6.07) is 5.72. The maximum Gasteiger partial charge on any atom is 0.338 e. The van der Waals surface area contributed by atoms with E-state index in [1.165, 1.54) is 17.4 Å². The van der Waals surface area contributed by atoms with Gasteiger partial charge in [0, 0.05) is 4.88 Å². The number of rotatable bonds is 4. The molecule has 5 nitrogen and oxygen atoms in total. The lowest BCUT2D eigenvalue weighted by atomic mass is 9.87. The first-order chi connectivity index (χ1) is 10.1. The fraction of sp³-hybridized carbons (Fsp3) is 0.200. The molecule has 108 valence electrons. The van der Waals surface area contributed by atoms with Gasteiger partial charge in [-0.05, 0) is 18.4 Å². The molecule has 0 aliphatic carbocycles. The minimum atomic E-state index is -0.555. The Hall–Kier alpha value is -2.52. The van der Waals surface area contributed by atoms with Crippen LogP contribution in [0, 0.1) is 11.3 Å². The molecule has 0 fully saturated rings. The van der Waals surface area contributed by atoms with Crippen LogP contribution in [0.3, 0.4) is 0 Å². The first kappa shape index (κ1) is 14.9. The van der Waals surface area contributed by atoms with Crippen LogP contribution in [0.4, 0.5) is 0 Å². The van der Waals surface area contributed by atoms with Crippen molar-refractivity contribution < 1.29 is 14.3 Å². The number of nitrogens with zero attached hydrogens (tertiary/aromatic N) is 1. The lowest BCUT2D eigenvalue weighted by molar-refractivity contribution is -0.138. The summed E-state index contributed by atoms with van der Waals surface area (Å²) >= 11 is 1.44. The van der Waals surface area contributed by atoms with Gasteiger partial charge in [-0.2, -0.15) is 5.26 Å². The minimum Gasteiger partial charge on any atom is -0.458 e. The van der Waals surface area contributed by atoms with Crippen LogP contribution in [0.2, 0.25) is 0 Å². The first-order valence-electron chi connectivity index (χ1n) is 6.20. The van der Waals surface area contributed by atoms with Crippen molar-refractivity contribution in [2.45, 2.75) is 12.8 Å². The van der Waals surface area contributed by atoms with Gasteiger partial charge in [-0.15, -0.1) is 11.3 Å². The fourth-order valence-corrected chi connectivity index (χ4v) is 2.94. The van der Waals surface area contributed by atoms with E-state index in [0.29, 0.717) is 11.3 Å². The minimum absolute atomic E-state index is 0.0219. The zero-order valence-corrected chi connectivity index (χ0v) is 12.3. The Morgan fingerprint density at radius 1 is 1.71 bits per heavy atom. The Morgan fingerprint density at radius 3 is 3.05 bits per heavy atom. The SMILES string of the molecule is C=CCOC(=O)C1=C(C)OC(N)=C(C#N)[C@@H]1c1cccs1. The molecule has 2 rings (SSSR count). The molecule has 1 aromatic rings. The first-order valence-corrected chi connectivity index (χ1v) is 7.07. The highest BCUT2D eigenvalue weighted by Gasteiger charge is 2.36. The third kappa shape index (κ3) is 2.83. The molecule has 0 bridgehead atoms. The lowest BCUT2D eigenvalue weighted by Gasteiger charge is -2.25. The van der Waals surface area contributed by atoms with Gasteiger partial charge in [-0.1, -0.05) is 18.7 Å². The summed E-state index contributed by atoms with van der Waals surface area (Å²) < 4.78 is 10.4. The highest BCUT2D eigenvalue weighted by atomic mass is 32.1. The second-order valence-electron chi connectivity index (χ2n) is 4.30. The number of nitrogens with two attached hydrogens (primary N) is 1. The molecular weight excluding hydrogens is 288 g/mol. The van der Waals surface area contributed by atoms with Crippen LogP contribution in [0.25, 0.3) is 0 Å². The van der Waals surface area contributed by atoms with Crippen molar-refractivity contribution in [2.24, 2.45) is 5.73 Å². The molecule has 2 heterocycles. The number of hydrogen-bond donors (Lipinski definition) is 1. The highest BCUT2D eigenvalue weighted by Crippen LogP contribution is 2.41. The average molecular weight is 302 g/mol. The van der Waals surface area contributed by atoms with E-state index in [9.17, 15) is 10.1 Å². The van der Waals surface area contributed by atoms with Crippen LogP contribution in [-0.2, 0) is 14.3 Å². The summed E-state index contributed by atoms with van der Waals surface area (Å²) in [5.41, 5.74) is 6.29. The molecule has 6 heteroatoms. The van der Waals surface area contributed by atoms with E-state index in [-0.39, 0.29) is 18.1 Å². The molecular formula is C15H14N2O3S. The molecule has 1 aliphatic heterocycles. The van der Waals surface area contributed by atoms with Gasteiger partial charge >= 0.3 is 5.97 Å². The maximum atomic E-state index is 12.3. The molecule has 0 saturated heterocycles. The fourth-order valence-electron chi connectivity index (χ4n) is 2.10. The van der Waals surface area contributed by atoms with Crippen LogP contribution in [0.1, 0.15) is 17.7 Å². The molecule has 21 heavy (non-hydrogen) atoms. The van der Waals surface area contributed by atoms with Crippen LogP contribution in [-0.4, -0.2) is 12.6 Å². The number of carbonyl (C=O) groups excluding carboxylic acids is 1. The summed E-state index contributed by atoms with van der Waals surface area (Å²) in [5, 5.41) is 11.2. The Bertz CT molecular complexity index is 666. The van der Waals surface area contributed by atoms with Crippen molar-refractivity contribution in [1.29, 1.82) is 5.26 Å². The maximum absolute atomic E-state index is 12.3. The molecule has 1 atom stereocenters. The average Bonchev–Trinajstić information content (AvgIpc) is 2.97. The number of nitriles is 1. The second kappa shape index (κ2) is 6.29. The number of hydrogen-bond acceptors (Lipinski definition) is 6. The third-order valence-corrected chi connectivity index (χ3v) is 3.92. The van der Waals surface area contributed by atoms with E-state index in [2.05, 4.69) is 6.58 Å². The molecule has 0 unspecified atom stereocenters. The summed E-state index contributed by atoms with van der Waals surface area (Å²) in [5.74, 6) is -0.722. The van der Waals surface area contributed by atoms with Crippen molar-refractivity contribution in [2.75, 3.05) is 6.61 Å². The van der Waals surface area contributed by atoms with Gasteiger partial charge in [-0.25, -0.2) is 4.79 Å². The molecule has 2 N–H and O–H groups in total. The zero-order valence-electron chi connectivity index (χ0n) is 11.5. The van der Waals surface area contributed by atoms with E-state index in [1.807, 2.05) is 23.6 Å². The van der Waals surface area contributed by atoms with Crippen LogP contribution < -0.4 is 5.73 Å². The van der Waals surface area contributed by atoms with E-state index in [0.717, 1.165) is 4.88 Å². The normalized spacial score (nSPS) is 18.0. The Kier molecular flexibility index (Phi) is 4.45. The van der Waals surface area contributed by atoms with Crippen molar-refractivity contribution in [1.82, 2.24) is 0 Å². The number of esters is 1. The van der Waals surface area contributed by atoms with Crippen molar-refractivity contribution in [3.63, 3.8) is 0 Å². The summed E-state index contributed by atoms with van der Waals surface area (Å²) in [6.45, 7) is 5.23. The van der Waals surface area contributed by atoms with Crippen molar-refractivity contribution in [3.05, 3.63) is 57.8 Å². The van der Waals surface area contributed by atoms with E-state index >= 15 is 0 Å². The van der Waals surface area contributed by atoms with Gasteiger partial charge in [0.2, 0.25) is 5.88 Å². The predicted molar refractivity (Wildman–Crippen MR) is 78.8 cm³/mol. The number of ether oxygens (including phenoxy) is 2. The second-order valence-corrected chi connectivity index (χ2v) is 5.28. The van der Waals surface area contributed by atoms with Gasteiger partial charge in [-0.3, -0.25) is 0 Å². The van der Waals surface area contributed by atoms with Gasteiger partial charge < -0.3 is 15.2 Å². The lowest BCUT2D eigenvalue weighted by Crippen LogP contribution is -2.25. The Balaban J connectivity index is 2.49. The Morgan fingerprint density at radius 2 is 2.48 bits per heavy atom. The molecule has 0 spiro atoms. The standard InChI is InChI=1S/C15H14N2O3S/c1-3-6-19-15(18)12-9(2)20-14(17)10(8-16)13(12)11-5-4-7-21-11/h3-5,7,13H,1,6,17H2,2H3/t13-/m1/s1. The van der Waals surface area contributed by atoms with Gasteiger partial charge in [0.25, 0.3) is 0 Å². The third-order valence-electron chi connectivity index (χ3n) is 2.99. The van der Waals surface area contributed by atoms with E-state index in [4.69, 9.17) is 15.2 Å². The monoisotopic (exact) mass is 302 g/mol. The molecule has 0 aromatic carbocycles. The van der Waals surface area contributed by atoms with Crippen LogP contribution in [0.15, 0.2) is 53.0 Å².